The first-order valence-corrected chi connectivity index (χ1v) is 10.4. The number of rotatable bonds is 8. The van der Waals surface area contributed by atoms with E-state index in [1.54, 1.807) is 0 Å². The summed E-state index contributed by atoms with van der Waals surface area (Å²) in [4.78, 5) is 28.4. The summed E-state index contributed by atoms with van der Waals surface area (Å²) in [6.45, 7) is 15.6. The summed E-state index contributed by atoms with van der Waals surface area (Å²) in [6.07, 6.45) is 1.86. The monoisotopic (exact) mass is 398 g/mol. The van der Waals surface area contributed by atoms with E-state index in [0.717, 1.165) is 38.5 Å². The molecule has 0 saturated carbocycles. The van der Waals surface area contributed by atoms with Gasteiger partial charge in [-0.2, -0.15) is 0 Å². The molecule has 162 valence electrons. The van der Waals surface area contributed by atoms with Crippen LogP contribution in [-0.2, 0) is 9.59 Å². The molecular formula is C18H38N8O2. The number of nitrogens with two attached hydrogens (primary N) is 2. The molecule has 0 aromatic rings. The molecule has 4 aliphatic rings. The molecule has 4 saturated heterocycles. The van der Waals surface area contributed by atoms with Crippen LogP contribution in [0.2, 0.25) is 0 Å². The van der Waals surface area contributed by atoms with Crippen LogP contribution in [0.15, 0.2) is 0 Å². The van der Waals surface area contributed by atoms with Gasteiger partial charge in [0.15, 0.2) is 12.6 Å². The molecule has 6 N–H and O–H groups in total. The Morgan fingerprint density at radius 1 is 0.607 bits per heavy atom. The third-order valence-corrected chi connectivity index (χ3v) is 5.64. The molecule has 0 aliphatic carbocycles. The van der Waals surface area contributed by atoms with Gasteiger partial charge < -0.3 is 22.1 Å². The fourth-order valence-electron chi connectivity index (χ4n) is 4.38. The summed E-state index contributed by atoms with van der Waals surface area (Å²) in [6, 6.07) is 0. The van der Waals surface area contributed by atoms with Crippen molar-refractivity contribution < 1.29 is 9.59 Å². The van der Waals surface area contributed by atoms with Gasteiger partial charge in [0.2, 0.25) is 0 Å². The Morgan fingerprint density at radius 2 is 0.893 bits per heavy atom. The Bertz CT molecular complexity index is 391. The average Bonchev–Trinajstić information content (AvgIpc) is 3.34. The predicted octanol–water partition coefficient (Wildman–Crippen LogP) is -3.63. The van der Waals surface area contributed by atoms with Crippen LogP contribution in [0.1, 0.15) is 0 Å². The number of hydrogen-bond donors (Lipinski definition) is 4. The molecule has 0 amide bonds. The highest BCUT2D eigenvalue weighted by Gasteiger charge is 2.50. The van der Waals surface area contributed by atoms with E-state index in [-0.39, 0.29) is 12.6 Å². The van der Waals surface area contributed by atoms with Crippen molar-refractivity contribution in [3.05, 3.63) is 0 Å². The SMILES string of the molecule is C1CN2CCN3CCN4CCN1C2C43.NCCNCCNCCN.O=CC=O. The van der Waals surface area contributed by atoms with E-state index in [9.17, 15) is 0 Å². The minimum Gasteiger partial charge on any atom is -0.329 e. The molecule has 0 aromatic heterocycles. The lowest BCUT2D eigenvalue weighted by Gasteiger charge is -2.49. The van der Waals surface area contributed by atoms with Crippen LogP contribution in [0, 0.1) is 0 Å². The smallest absolute Gasteiger partial charge is 0.182 e. The summed E-state index contributed by atoms with van der Waals surface area (Å²) in [7, 11) is 0. The number of aldehydes is 2. The van der Waals surface area contributed by atoms with Crippen molar-refractivity contribution in [3.8, 4) is 0 Å². The van der Waals surface area contributed by atoms with E-state index < -0.39 is 0 Å². The first kappa shape index (κ1) is 23.3. The lowest BCUT2D eigenvalue weighted by atomic mass is 10.2. The number of carbonyl (C=O) groups excluding carboxylic acids is 2. The average molecular weight is 399 g/mol. The molecule has 0 spiro atoms. The molecule has 0 bridgehead atoms. The van der Waals surface area contributed by atoms with Gasteiger partial charge in [-0.3, -0.25) is 29.2 Å². The molecule has 4 fully saturated rings. The van der Waals surface area contributed by atoms with Gasteiger partial charge in [-0.05, 0) is 0 Å². The van der Waals surface area contributed by atoms with Crippen LogP contribution in [0.4, 0.5) is 0 Å². The molecule has 0 unspecified atom stereocenters. The van der Waals surface area contributed by atoms with E-state index in [2.05, 4.69) is 30.2 Å². The number of nitrogens with zero attached hydrogens (tertiary/aromatic N) is 4. The number of carbonyl (C=O) groups is 2. The van der Waals surface area contributed by atoms with Crippen molar-refractivity contribution in [2.45, 2.75) is 12.3 Å². The Balaban J connectivity index is 0.000000178. The fraction of sp³-hybridized carbons (Fsp3) is 0.889. The minimum absolute atomic E-state index is 0.194. The minimum atomic E-state index is 0.194. The molecule has 4 rings (SSSR count). The largest absolute Gasteiger partial charge is 0.329 e. The maximum absolute atomic E-state index is 8.81. The van der Waals surface area contributed by atoms with Gasteiger partial charge in [-0.1, -0.05) is 0 Å². The van der Waals surface area contributed by atoms with Crippen LogP contribution in [-0.4, -0.2) is 136 Å². The van der Waals surface area contributed by atoms with E-state index in [1.807, 2.05) is 0 Å². The third kappa shape index (κ3) is 6.53. The highest BCUT2D eigenvalue weighted by Crippen LogP contribution is 2.32. The lowest BCUT2D eigenvalue weighted by Crippen LogP contribution is -2.66. The van der Waals surface area contributed by atoms with E-state index in [0.29, 0.717) is 13.1 Å². The molecule has 4 heterocycles. The molecule has 10 nitrogen and oxygen atoms in total. The normalized spacial score (nSPS) is 26.6. The molecule has 28 heavy (non-hydrogen) atoms. The van der Waals surface area contributed by atoms with Crippen LogP contribution in [0.5, 0.6) is 0 Å². The van der Waals surface area contributed by atoms with Crippen molar-refractivity contribution in [1.29, 1.82) is 0 Å². The first-order chi connectivity index (χ1) is 13.8. The maximum Gasteiger partial charge on any atom is 0.182 e. The van der Waals surface area contributed by atoms with Gasteiger partial charge in [0.1, 0.15) is 0 Å². The van der Waals surface area contributed by atoms with Crippen molar-refractivity contribution >= 4 is 12.6 Å². The Labute approximate surface area is 168 Å². The molecule has 0 aromatic carbocycles. The zero-order chi connectivity index (χ0) is 20.2. The third-order valence-electron chi connectivity index (χ3n) is 5.64. The van der Waals surface area contributed by atoms with Crippen molar-refractivity contribution in [2.24, 2.45) is 11.5 Å². The van der Waals surface area contributed by atoms with Crippen molar-refractivity contribution in [3.63, 3.8) is 0 Å². The van der Waals surface area contributed by atoms with E-state index in [4.69, 9.17) is 21.1 Å². The second-order valence-corrected chi connectivity index (χ2v) is 7.32. The quantitative estimate of drug-likeness (QED) is 0.185. The summed E-state index contributed by atoms with van der Waals surface area (Å²) in [5.41, 5.74) is 10.5. The Morgan fingerprint density at radius 3 is 1.11 bits per heavy atom. The maximum atomic E-state index is 8.81. The fourth-order valence-corrected chi connectivity index (χ4v) is 4.38. The van der Waals surface area contributed by atoms with Gasteiger partial charge in [-0.15, -0.1) is 0 Å². The van der Waals surface area contributed by atoms with Crippen LogP contribution in [0.3, 0.4) is 0 Å². The second kappa shape index (κ2) is 13.3. The first-order valence-electron chi connectivity index (χ1n) is 10.4. The number of piperazine rings is 2. The molecule has 0 radical (unpaired) electrons. The van der Waals surface area contributed by atoms with Crippen LogP contribution >= 0.6 is 0 Å². The highest BCUT2D eigenvalue weighted by molar-refractivity contribution is 6.09. The standard InChI is InChI=1S/C10H18N4.C6H18N4.C2H2O2/c1-2-12-7-8-14-4-3-13-6-5-11(1)9(12)10(13)14;7-1-3-9-5-6-10-4-2-8;3-1-2-4/h9-10H,1-8H2;9-10H,1-8H2;1-2H. The molecule has 4 aliphatic heterocycles. The zero-order valence-corrected chi connectivity index (χ0v) is 17.0. The van der Waals surface area contributed by atoms with Crippen LogP contribution in [0.25, 0.3) is 0 Å². The second-order valence-electron chi connectivity index (χ2n) is 7.32. The molecule has 0 atom stereocenters. The Hall–Kier alpha value is -0.980. The summed E-state index contributed by atoms with van der Waals surface area (Å²) in [5, 5.41) is 6.33. The number of hydrogen-bond acceptors (Lipinski definition) is 10. The van der Waals surface area contributed by atoms with E-state index in [1.165, 1.54) is 52.4 Å². The van der Waals surface area contributed by atoms with Gasteiger partial charge in [0.05, 0.1) is 12.3 Å². The van der Waals surface area contributed by atoms with E-state index >= 15 is 0 Å². The summed E-state index contributed by atoms with van der Waals surface area (Å²) < 4.78 is 0. The highest BCUT2D eigenvalue weighted by atomic mass is 16.2. The predicted molar refractivity (Wildman–Crippen MR) is 110 cm³/mol. The van der Waals surface area contributed by atoms with Crippen LogP contribution < -0.4 is 22.1 Å². The number of nitrogens with one attached hydrogen (secondary N) is 2. The van der Waals surface area contributed by atoms with Gasteiger partial charge in [0, 0.05) is 91.6 Å². The summed E-state index contributed by atoms with van der Waals surface area (Å²) >= 11 is 0. The van der Waals surface area contributed by atoms with Crippen molar-refractivity contribution in [2.75, 3.05) is 91.6 Å². The topological polar surface area (TPSA) is 123 Å². The Kier molecular flexibility index (Phi) is 11.1. The van der Waals surface area contributed by atoms with Gasteiger partial charge in [0.25, 0.3) is 0 Å². The van der Waals surface area contributed by atoms with Crippen molar-refractivity contribution in [1.82, 2.24) is 30.2 Å². The van der Waals surface area contributed by atoms with Gasteiger partial charge >= 0.3 is 0 Å². The lowest BCUT2D eigenvalue weighted by molar-refractivity contribution is -0.122. The zero-order valence-electron chi connectivity index (χ0n) is 17.0. The van der Waals surface area contributed by atoms with Gasteiger partial charge in [-0.25, -0.2) is 0 Å². The molecule has 10 heteroatoms. The summed E-state index contributed by atoms with van der Waals surface area (Å²) in [5.74, 6) is 0. The molecular weight excluding hydrogens is 360 g/mol.